The van der Waals surface area contributed by atoms with E-state index >= 15 is 0 Å². The second-order valence-electron chi connectivity index (χ2n) is 3.79. The number of esters is 1. The SMILES string of the molecule is CCCCC=C(COC)C(=O)OCCCC. The van der Waals surface area contributed by atoms with Crippen molar-refractivity contribution in [1.29, 1.82) is 0 Å². The minimum absolute atomic E-state index is 0.230. The summed E-state index contributed by atoms with van der Waals surface area (Å²) in [6.45, 7) is 5.04. The van der Waals surface area contributed by atoms with E-state index in [1.165, 1.54) is 0 Å². The molecule has 0 saturated carbocycles. The van der Waals surface area contributed by atoms with Gasteiger partial charge in [0.25, 0.3) is 0 Å². The maximum absolute atomic E-state index is 11.6. The molecule has 0 unspecified atom stereocenters. The molecule has 0 N–H and O–H groups in total. The maximum Gasteiger partial charge on any atom is 0.336 e. The second kappa shape index (κ2) is 10.7. The number of allylic oxidation sites excluding steroid dienone is 1. The predicted molar refractivity (Wildman–Crippen MR) is 65.4 cm³/mol. The smallest absolute Gasteiger partial charge is 0.336 e. The molecule has 0 aliphatic carbocycles. The number of carbonyl (C=O) groups excluding carboxylic acids is 1. The summed E-state index contributed by atoms with van der Waals surface area (Å²) in [4.78, 5) is 11.6. The summed E-state index contributed by atoms with van der Waals surface area (Å²) in [7, 11) is 1.59. The van der Waals surface area contributed by atoms with E-state index in [-0.39, 0.29) is 5.97 Å². The van der Waals surface area contributed by atoms with Gasteiger partial charge in [-0.1, -0.05) is 39.2 Å². The highest BCUT2D eigenvalue weighted by Gasteiger charge is 2.09. The van der Waals surface area contributed by atoms with Gasteiger partial charge in [0.1, 0.15) is 0 Å². The topological polar surface area (TPSA) is 35.5 Å². The van der Waals surface area contributed by atoms with Gasteiger partial charge in [0.2, 0.25) is 0 Å². The first-order valence-electron chi connectivity index (χ1n) is 6.11. The largest absolute Gasteiger partial charge is 0.462 e. The fourth-order valence-electron chi connectivity index (χ4n) is 1.24. The molecule has 0 aromatic heterocycles. The maximum atomic E-state index is 11.6. The molecule has 0 saturated heterocycles. The summed E-state index contributed by atoms with van der Waals surface area (Å²) in [5.41, 5.74) is 0.645. The van der Waals surface area contributed by atoms with Crippen molar-refractivity contribution < 1.29 is 14.3 Å². The number of rotatable bonds is 9. The summed E-state index contributed by atoms with van der Waals surface area (Å²) >= 11 is 0. The van der Waals surface area contributed by atoms with Crippen LogP contribution in [0.25, 0.3) is 0 Å². The molecule has 3 nitrogen and oxygen atoms in total. The molecule has 0 rings (SSSR count). The Hall–Kier alpha value is -0.830. The minimum atomic E-state index is -0.230. The number of carbonyl (C=O) groups is 1. The predicted octanol–water partition coefficient (Wildman–Crippen LogP) is 3.09. The molecule has 0 radical (unpaired) electrons. The van der Waals surface area contributed by atoms with Crippen LogP contribution in [0.15, 0.2) is 11.6 Å². The highest BCUT2D eigenvalue weighted by molar-refractivity contribution is 5.88. The normalized spacial score (nSPS) is 11.6. The van der Waals surface area contributed by atoms with Crippen molar-refractivity contribution in [1.82, 2.24) is 0 Å². The Morgan fingerprint density at radius 1 is 1.19 bits per heavy atom. The molecule has 3 heteroatoms. The van der Waals surface area contributed by atoms with E-state index in [0.717, 1.165) is 32.1 Å². The fourth-order valence-corrected chi connectivity index (χ4v) is 1.24. The van der Waals surface area contributed by atoms with Gasteiger partial charge in [0, 0.05) is 7.11 Å². The second-order valence-corrected chi connectivity index (χ2v) is 3.79. The van der Waals surface area contributed by atoms with E-state index in [1.54, 1.807) is 7.11 Å². The van der Waals surface area contributed by atoms with Gasteiger partial charge in [-0.25, -0.2) is 4.79 Å². The minimum Gasteiger partial charge on any atom is -0.462 e. The van der Waals surface area contributed by atoms with Gasteiger partial charge >= 0.3 is 5.97 Å². The number of methoxy groups -OCH3 is 1. The van der Waals surface area contributed by atoms with Crippen molar-refractivity contribution in [2.75, 3.05) is 20.3 Å². The van der Waals surface area contributed by atoms with Gasteiger partial charge in [-0.3, -0.25) is 0 Å². The first-order valence-corrected chi connectivity index (χ1v) is 6.11. The van der Waals surface area contributed by atoms with Crippen molar-refractivity contribution in [2.45, 2.75) is 46.0 Å². The Morgan fingerprint density at radius 3 is 2.44 bits per heavy atom. The zero-order valence-corrected chi connectivity index (χ0v) is 10.8. The van der Waals surface area contributed by atoms with Crippen LogP contribution in [0.5, 0.6) is 0 Å². The number of hydrogen-bond donors (Lipinski definition) is 0. The highest BCUT2D eigenvalue weighted by Crippen LogP contribution is 2.05. The fraction of sp³-hybridized carbons (Fsp3) is 0.769. The zero-order valence-electron chi connectivity index (χ0n) is 10.8. The number of ether oxygens (including phenoxy) is 2. The molecule has 0 aromatic rings. The first kappa shape index (κ1) is 15.2. The molecular formula is C13H24O3. The van der Waals surface area contributed by atoms with Gasteiger partial charge in [-0.15, -0.1) is 0 Å². The van der Waals surface area contributed by atoms with E-state index in [1.807, 2.05) is 6.08 Å². The molecule has 0 fully saturated rings. The lowest BCUT2D eigenvalue weighted by Crippen LogP contribution is -2.13. The molecule has 0 atom stereocenters. The van der Waals surface area contributed by atoms with E-state index in [2.05, 4.69) is 13.8 Å². The zero-order chi connectivity index (χ0) is 12.2. The van der Waals surface area contributed by atoms with Gasteiger partial charge < -0.3 is 9.47 Å². The highest BCUT2D eigenvalue weighted by atomic mass is 16.5. The lowest BCUT2D eigenvalue weighted by atomic mass is 10.2. The van der Waals surface area contributed by atoms with Crippen molar-refractivity contribution in [3.63, 3.8) is 0 Å². The van der Waals surface area contributed by atoms with Crippen LogP contribution < -0.4 is 0 Å². The van der Waals surface area contributed by atoms with E-state index < -0.39 is 0 Å². The standard InChI is InChI=1S/C13H24O3/c1-4-6-8-9-12(11-15-3)13(14)16-10-7-5-2/h9H,4-8,10-11H2,1-3H3. The summed E-state index contributed by atoms with van der Waals surface area (Å²) in [5, 5.41) is 0. The van der Waals surface area contributed by atoms with Crippen molar-refractivity contribution in [3.8, 4) is 0 Å². The van der Waals surface area contributed by atoms with Crippen LogP contribution >= 0.6 is 0 Å². The molecule has 0 spiro atoms. The molecule has 0 aliphatic rings. The van der Waals surface area contributed by atoms with Crippen LogP contribution in [0.1, 0.15) is 46.0 Å². The van der Waals surface area contributed by atoms with Crippen LogP contribution in [0.3, 0.4) is 0 Å². The van der Waals surface area contributed by atoms with E-state index in [9.17, 15) is 4.79 Å². The average Bonchev–Trinajstić information content (AvgIpc) is 2.28. The van der Waals surface area contributed by atoms with Crippen molar-refractivity contribution in [3.05, 3.63) is 11.6 Å². The Bertz CT molecular complexity index is 209. The molecule has 0 bridgehead atoms. The summed E-state index contributed by atoms with van der Waals surface area (Å²) in [6.07, 6.45) is 7.02. The third-order valence-corrected chi connectivity index (χ3v) is 2.24. The van der Waals surface area contributed by atoms with Crippen molar-refractivity contribution >= 4 is 5.97 Å². The van der Waals surface area contributed by atoms with Gasteiger partial charge in [-0.05, 0) is 12.8 Å². The third kappa shape index (κ3) is 7.46. The molecule has 0 aromatic carbocycles. The van der Waals surface area contributed by atoms with Crippen LogP contribution in [0, 0.1) is 0 Å². The van der Waals surface area contributed by atoms with Crippen LogP contribution in [-0.2, 0) is 14.3 Å². The molecular weight excluding hydrogens is 204 g/mol. The van der Waals surface area contributed by atoms with Gasteiger partial charge in [-0.2, -0.15) is 0 Å². The third-order valence-electron chi connectivity index (χ3n) is 2.24. The summed E-state index contributed by atoms with van der Waals surface area (Å²) in [6, 6.07) is 0. The molecule has 0 heterocycles. The lowest BCUT2D eigenvalue weighted by molar-refractivity contribution is -0.139. The van der Waals surface area contributed by atoms with E-state index in [4.69, 9.17) is 9.47 Å². The molecule has 0 amide bonds. The summed E-state index contributed by atoms with van der Waals surface area (Å²) in [5.74, 6) is -0.230. The van der Waals surface area contributed by atoms with Crippen molar-refractivity contribution in [2.24, 2.45) is 0 Å². The Labute approximate surface area is 98.8 Å². The summed E-state index contributed by atoms with van der Waals surface area (Å²) < 4.78 is 10.1. The lowest BCUT2D eigenvalue weighted by Gasteiger charge is -2.07. The molecule has 94 valence electrons. The van der Waals surface area contributed by atoms with Gasteiger partial charge in [0.05, 0.1) is 18.8 Å². The van der Waals surface area contributed by atoms with E-state index in [0.29, 0.717) is 18.8 Å². The number of hydrogen-bond acceptors (Lipinski definition) is 3. The first-order chi connectivity index (χ1) is 7.76. The van der Waals surface area contributed by atoms with Crippen LogP contribution in [0.2, 0.25) is 0 Å². The Balaban J connectivity index is 4.06. The average molecular weight is 228 g/mol. The van der Waals surface area contributed by atoms with Crippen LogP contribution in [-0.4, -0.2) is 26.3 Å². The quantitative estimate of drug-likeness (QED) is 0.345. The Morgan fingerprint density at radius 2 is 1.88 bits per heavy atom. The molecule has 0 aliphatic heterocycles. The monoisotopic (exact) mass is 228 g/mol. The molecule has 16 heavy (non-hydrogen) atoms. The van der Waals surface area contributed by atoms with Gasteiger partial charge in [0.15, 0.2) is 0 Å². The Kier molecular flexibility index (Phi) is 10.1. The number of unbranched alkanes of at least 4 members (excludes halogenated alkanes) is 3. The van der Waals surface area contributed by atoms with Crippen LogP contribution in [0.4, 0.5) is 0 Å².